The van der Waals surface area contributed by atoms with E-state index >= 15 is 0 Å². The third-order valence-electron chi connectivity index (χ3n) is 3.17. The maximum Gasteiger partial charge on any atom is 0.134 e. The van der Waals surface area contributed by atoms with Crippen molar-refractivity contribution < 1.29 is 5.11 Å². The first-order valence-electron chi connectivity index (χ1n) is 6.75. The topological polar surface area (TPSA) is 50.1 Å². The van der Waals surface area contributed by atoms with Gasteiger partial charge in [0.15, 0.2) is 0 Å². The lowest BCUT2D eigenvalue weighted by atomic mass is 10.2. The van der Waals surface area contributed by atoms with Crippen LogP contribution in [0.1, 0.15) is 23.4 Å². The fraction of sp³-hybridized carbons (Fsp3) is 0.400. The molecule has 0 aliphatic heterocycles. The minimum Gasteiger partial charge on any atom is -0.506 e. The molecule has 4 nitrogen and oxygen atoms in total. The van der Waals surface area contributed by atoms with Gasteiger partial charge < -0.3 is 10.4 Å². The van der Waals surface area contributed by atoms with Crippen molar-refractivity contribution in [3.05, 3.63) is 46.2 Å². The zero-order chi connectivity index (χ0) is 14.5. The van der Waals surface area contributed by atoms with Crippen LogP contribution in [-0.4, -0.2) is 21.4 Å². The predicted octanol–water partition coefficient (Wildman–Crippen LogP) is 3.04. The monoisotopic (exact) mass is 293 g/mol. The Hall–Kier alpha value is -1.52. The van der Waals surface area contributed by atoms with E-state index in [0.717, 1.165) is 37.3 Å². The van der Waals surface area contributed by atoms with Crippen molar-refractivity contribution in [2.24, 2.45) is 0 Å². The Morgan fingerprint density at radius 2 is 2.10 bits per heavy atom. The molecule has 0 aliphatic carbocycles. The van der Waals surface area contributed by atoms with Gasteiger partial charge in [0.05, 0.1) is 10.7 Å². The average Bonchev–Trinajstić information content (AvgIpc) is 2.72. The normalized spacial score (nSPS) is 10.9. The fourth-order valence-electron chi connectivity index (χ4n) is 2.15. The van der Waals surface area contributed by atoms with Crippen LogP contribution in [0.2, 0.25) is 5.02 Å². The molecule has 0 radical (unpaired) electrons. The van der Waals surface area contributed by atoms with E-state index in [1.807, 2.05) is 17.7 Å². The lowest BCUT2D eigenvalue weighted by molar-refractivity contribution is 0.475. The molecular weight excluding hydrogens is 274 g/mol. The number of benzene rings is 1. The molecule has 2 aromatic rings. The van der Waals surface area contributed by atoms with E-state index in [9.17, 15) is 5.11 Å². The van der Waals surface area contributed by atoms with Gasteiger partial charge in [-0.1, -0.05) is 17.7 Å². The maximum absolute atomic E-state index is 9.35. The fourth-order valence-corrected chi connectivity index (χ4v) is 2.35. The highest BCUT2D eigenvalue weighted by Gasteiger charge is 2.01. The van der Waals surface area contributed by atoms with E-state index in [1.165, 1.54) is 5.69 Å². The van der Waals surface area contributed by atoms with Gasteiger partial charge in [-0.2, -0.15) is 5.10 Å². The van der Waals surface area contributed by atoms with Crippen LogP contribution in [0.3, 0.4) is 0 Å². The van der Waals surface area contributed by atoms with E-state index in [0.29, 0.717) is 5.02 Å². The Morgan fingerprint density at radius 1 is 1.30 bits per heavy atom. The summed E-state index contributed by atoms with van der Waals surface area (Å²) in [6, 6.07) is 7.36. The van der Waals surface area contributed by atoms with Gasteiger partial charge in [-0.3, -0.25) is 4.68 Å². The average molecular weight is 294 g/mol. The molecule has 0 spiro atoms. The summed E-state index contributed by atoms with van der Waals surface area (Å²) >= 11 is 5.86. The summed E-state index contributed by atoms with van der Waals surface area (Å²) in [6.07, 6.45) is 1.02. The quantitative estimate of drug-likeness (QED) is 0.805. The van der Waals surface area contributed by atoms with Crippen LogP contribution in [0, 0.1) is 13.8 Å². The first-order chi connectivity index (χ1) is 9.56. The molecule has 0 saturated carbocycles. The molecule has 5 heteroatoms. The van der Waals surface area contributed by atoms with E-state index < -0.39 is 0 Å². The van der Waals surface area contributed by atoms with Crippen LogP contribution in [0.4, 0.5) is 0 Å². The van der Waals surface area contributed by atoms with Gasteiger partial charge in [-0.25, -0.2) is 0 Å². The Labute approximate surface area is 124 Å². The molecule has 0 saturated heterocycles. The Morgan fingerprint density at radius 3 is 2.75 bits per heavy atom. The second-order valence-corrected chi connectivity index (χ2v) is 5.37. The number of aryl methyl sites for hydroxylation is 3. The summed E-state index contributed by atoms with van der Waals surface area (Å²) in [6.45, 7) is 6.67. The summed E-state index contributed by atoms with van der Waals surface area (Å²) in [5, 5.41) is 17.5. The Bertz CT molecular complexity index is 580. The Balaban J connectivity index is 1.71. The number of phenolic OH excluding ortho intramolecular Hbond substituents is 1. The standard InChI is InChI=1S/C15H20ClN3O/c1-11-8-12(2)19(18-11)7-3-6-17-10-13-4-5-15(20)14(16)9-13/h4-5,8-9,17,20H,3,6-7,10H2,1-2H3. The van der Waals surface area contributed by atoms with Gasteiger partial charge in [-0.15, -0.1) is 0 Å². The van der Waals surface area contributed by atoms with Crippen LogP contribution in [-0.2, 0) is 13.1 Å². The van der Waals surface area contributed by atoms with Gasteiger partial charge in [0.1, 0.15) is 5.75 Å². The first-order valence-corrected chi connectivity index (χ1v) is 7.13. The highest BCUT2D eigenvalue weighted by Crippen LogP contribution is 2.23. The zero-order valence-electron chi connectivity index (χ0n) is 11.9. The number of aromatic nitrogens is 2. The summed E-state index contributed by atoms with van der Waals surface area (Å²) in [4.78, 5) is 0. The molecule has 0 atom stereocenters. The van der Waals surface area contributed by atoms with Crippen molar-refractivity contribution in [1.82, 2.24) is 15.1 Å². The molecule has 1 aromatic carbocycles. The molecule has 1 heterocycles. The number of nitrogens with one attached hydrogen (secondary N) is 1. The van der Waals surface area contributed by atoms with Crippen LogP contribution in [0.5, 0.6) is 5.75 Å². The molecule has 2 rings (SSSR count). The summed E-state index contributed by atoms with van der Waals surface area (Å²) in [5.74, 6) is 0.125. The first kappa shape index (κ1) is 14.9. The van der Waals surface area contributed by atoms with Crippen molar-refractivity contribution in [3.8, 4) is 5.75 Å². The minimum atomic E-state index is 0.125. The molecule has 1 aromatic heterocycles. The van der Waals surface area contributed by atoms with Gasteiger partial charge >= 0.3 is 0 Å². The molecule has 0 bridgehead atoms. The number of nitrogens with zero attached hydrogens (tertiary/aromatic N) is 2. The van der Waals surface area contributed by atoms with Gasteiger partial charge in [0, 0.05) is 18.8 Å². The smallest absolute Gasteiger partial charge is 0.134 e. The second kappa shape index (κ2) is 6.77. The predicted molar refractivity (Wildman–Crippen MR) is 81.1 cm³/mol. The molecule has 0 fully saturated rings. The highest BCUT2D eigenvalue weighted by atomic mass is 35.5. The number of aromatic hydroxyl groups is 1. The number of halogens is 1. The molecule has 2 N–H and O–H groups in total. The number of hydrogen-bond donors (Lipinski definition) is 2. The van der Waals surface area contributed by atoms with Crippen molar-refractivity contribution in [3.63, 3.8) is 0 Å². The Kier molecular flexibility index (Phi) is 5.04. The third kappa shape index (κ3) is 3.99. The minimum absolute atomic E-state index is 0.125. The summed E-state index contributed by atoms with van der Waals surface area (Å²) < 4.78 is 2.04. The largest absolute Gasteiger partial charge is 0.506 e. The number of hydrogen-bond acceptors (Lipinski definition) is 3. The summed E-state index contributed by atoms with van der Waals surface area (Å²) in [7, 11) is 0. The van der Waals surface area contributed by atoms with E-state index in [2.05, 4.69) is 23.4 Å². The van der Waals surface area contributed by atoms with E-state index in [-0.39, 0.29) is 5.75 Å². The van der Waals surface area contributed by atoms with E-state index in [4.69, 9.17) is 11.6 Å². The maximum atomic E-state index is 9.35. The zero-order valence-corrected chi connectivity index (χ0v) is 12.6. The van der Waals surface area contributed by atoms with Crippen molar-refractivity contribution in [2.45, 2.75) is 33.4 Å². The van der Waals surface area contributed by atoms with Gasteiger partial charge in [0.2, 0.25) is 0 Å². The highest BCUT2D eigenvalue weighted by molar-refractivity contribution is 6.32. The van der Waals surface area contributed by atoms with Crippen molar-refractivity contribution >= 4 is 11.6 Å². The lowest BCUT2D eigenvalue weighted by Gasteiger charge is -2.07. The molecule has 20 heavy (non-hydrogen) atoms. The molecular formula is C15H20ClN3O. The third-order valence-corrected chi connectivity index (χ3v) is 3.47. The molecule has 0 unspecified atom stereocenters. The number of phenols is 1. The van der Waals surface area contributed by atoms with Crippen molar-refractivity contribution in [1.29, 1.82) is 0 Å². The molecule has 0 aliphatic rings. The lowest BCUT2D eigenvalue weighted by Crippen LogP contribution is -2.17. The molecule has 0 amide bonds. The number of rotatable bonds is 6. The van der Waals surface area contributed by atoms with Crippen LogP contribution in [0.25, 0.3) is 0 Å². The second-order valence-electron chi connectivity index (χ2n) is 4.97. The van der Waals surface area contributed by atoms with Crippen molar-refractivity contribution in [2.75, 3.05) is 6.54 Å². The van der Waals surface area contributed by atoms with Crippen LogP contribution < -0.4 is 5.32 Å². The summed E-state index contributed by atoms with van der Waals surface area (Å²) in [5.41, 5.74) is 3.33. The SMILES string of the molecule is Cc1cc(C)n(CCCNCc2ccc(O)c(Cl)c2)n1. The van der Waals surface area contributed by atoms with Gasteiger partial charge in [0.25, 0.3) is 0 Å². The van der Waals surface area contributed by atoms with Crippen LogP contribution >= 0.6 is 11.6 Å². The van der Waals surface area contributed by atoms with Crippen LogP contribution in [0.15, 0.2) is 24.3 Å². The van der Waals surface area contributed by atoms with E-state index in [1.54, 1.807) is 12.1 Å². The van der Waals surface area contributed by atoms with Gasteiger partial charge in [-0.05, 0) is 50.6 Å². The molecule has 108 valence electrons.